The Morgan fingerprint density at radius 1 is 1.08 bits per heavy atom. The van der Waals surface area contributed by atoms with E-state index < -0.39 is 5.97 Å². The second-order valence-electron chi connectivity index (χ2n) is 5.60. The Hall–Kier alpha value is -2.80. The number of carboxylic acid groups (broad SMARTS) is 1. The first kappa shape index (κ1) is 17.0. The molecule has 3 aromatic rings. The second-order valence-corrected chi connectivity index (χ2v) is 6.54. The van der Waals surface area contributed by atoms with Crippen LogP contribution in [0.1, 0.15) is 17.0 Å². The number of aromatic nitrogens is 3. The van der Waals surface area contributed by atoms with Crippen LogP contribution in [0.25, 0.3) is 5.69 Å². The molecule has 0 bridgehead atoms. The van der Waals surface area contributed by atoms with Crippen LogP contribution < -0.4 is 0 Å². The largest absolute Gasteiger partial charge is 0.508 e. The topological polar surface area (TPSA) is 88.2 Å². The van der Waals surface area contributed by atoms with Crippen molar-refractivity contribution >= 4 is 17.7 Å². The first-order valence-corrected chi connectivity index (χ1v) is 8.65. The third kappa shape index (κ3) is 4.19. The predicted molar refractivity (Wildman–Crippen MR) is 95.4 cm³/mol. The van der Waals surface area contributed by atoms with Crippen LogP contribution in [0, 0.1) is 6.92 Å². The van der Waals surface area contributed by atoms with Crippen molar-refractivity contribution in [2.24, 2.45) is 0 Å². The maximum absolute atomic E-state index is 10.9. The fourth-order valence-electron chi connectivity index (χ4n) is 2.38. The van der Waals surface area contributed by atoms with Crippen LogP contribution >= 0.6 is 11.8 Å². The van der Waals surface area contributed by atoms with E-state index >= 15 is 0 Å². The predicted octanol–water partition coefficient (Wildman–Crippen LogP) is 3.05. The molecule has 25 heavy (non-hydrogen) atoms. The average Bonchev–Trinajstić information content (AvgIpc) is 2.98. The second kappa shape index (κ2) is 7.40. The molecule has 0 radical (unpaired) electrons. The van der Waals surface area contributed by atoms with Crippen LogP contribution in [0.2, 0.25) is 0 Å². The number of aliphatic carboxylic acids is 1. The number of hydrogen-bond acceptors (Lipinski definition) is 5. The van der Waals surface area contributed by atoms with Gasteiger partial charge in [0, 0.05) is 12.1 Å². The van der Waals surface area contributed by atoms with Crippen LogP contribution in [-0.2, 0) is 11.2 Å². The highest BCUT2D eigenvalue weighted by molar-refractivity contribution is 7.99. The lowest BCUT2D eigenvalue weighted by atomic mass is 10.1. The molecule has 1 aromatic heterocycles. The Kier molecular flexibility index (Phi) is 5.04. The molecule has 0 saturated carbocycles. The minimum Gasteiger partial charge on any atom is -0.508 e. The molecule has 0 aliphatic carbocycles. The Morgan fingerprint density at radius 2 is 1.76 bits per heavy atom. The molecule has 2 N–H and O–H groups in total. The SMILES string of the molecule is Cc1ccc(-n2c(Cc3ccc(O)cc3)nnc2SCC(=O)O)cc1. The van der Waals surface area contributed by atoms with E-state index in [1.807, 2.05) is 47.9 Å². The van der Waals surface area contributed by atoms with Gasteiger partial charge in [0.25, 0.3) is 0 Å². The normalized spacial score (nSPS) is 10.8. The van der Waals surface area contributed by atoms with Gasteiger partial charge in [0.2, 0.25) is 0 Å². The highest BCUT2D eigenvalue weighted by Gasteiger charge is 2.16. The maximum atomic E-state index is 10.9. The smallest absolute Gasteiger partial charge is 0.313 e. The first-order chi connectivity index (χ1) is 12.0. The summed E-state index contributed by atoms with van der Waals surface area (Å²) in [6.45, 7) is 2.01. The minimum atomic E-state index is -0.899. The van der Waals surface area contributed by atoms with Gasteiger partial charge in [-0.2, -0.15) is 0 Å². The molecule has 0 amide bonds. The zero-order valence-electron chi connectivity index (χ0n) is 13.6. The summed E-state index contributed by atoms with van der Waals surface area (Å²) in [6, 6.07) is 14.8. The number of carbonyl (C=O) groups is 1. The van der Waals surface area contributed by atoms with Gasteiger partial charge in [-0.3, -0.25) is 9.36 Å². The number of phenols is 1. The standard InChI is InChI=1S/C18H17N3O3S/c1-12-2-6-14(7-3-12)21-16(10-13-4-8-15(22)9-5-13)19-20-18(21)25-11-17(23)24/h2-9,22H,10-11H2,1H3,(H,23,24). The lowest BCUT2D eigenvalue weighted by molar-refractivity contribution is -0.133. The van der Waals surface area contributed by atoms with Crippen LogP contribution in [0.15, 0.2) is 53.7 Å². The molecule has 0 aliphatic rings. The van der Waals surface area contributed by atoms with E-state index in [9.17, 15) is 9.90 Å². The summed E-state index contributed by atoms with van der Waals surface area (Å²) in [4.78, 5) is 10.9. The van der Waals surface area contributed by atoms with Crippen molar-refractivity contribution in [1.82, 2.24) is 14.8 Å². The number of aromatic hydroxyl groups is 1. The number of phenolic OH excluding ortho intramolecular Hbond substituents is 1. The Labute approximate surface area is 149 Å². The van der Waals surface area contributed by atoms with Gasteiger partial charge >= 0.3 is 5.97 Å². The zero-order valence-corrected chi connectivity index (χ0v) is 14.4. The van der Waals surface area contributed by atoms with Crippen molar-refractivity contribution in [3.05, 3.63) is 65.5 Å². The Balaban J connectivity index is 1.97. The fourth-order valence-corrected chi connectivity index (χ4v) is 3.08. The molecule has 7 heteroatoms. The number of aryl methyl sites for hydroxylation is 1. The highest BCUT2D eigenvalue weighted by atomic mass is 32.2. The summed E-state index contributed by atoms with van der Waals surface area (Å²) >= 11 is 1.14. The monoisotopic (exact) mass is 355 g/mol. The summed E-state index contributed by atoms with van der Waals surface area (Å²) in [7, 11) is 0. The third-order valence-corrected chi connectivity index (χ3v) is 4.53. The van der Waals surface area contributed by atoms with E-state index in [1.54, 1.807) is 12.1 Å². The molecular weight excluding hydrogens is 338 g/mol. The lowest BCUT2D eigenvalue weighted by Gasteiger charge is -2.10. The number of thioether (sulfide) groups is 1. The van der Waals surface area contributed by atoms with Gasteiger partial charge in [0.15, 0.2) is 5.16 Å². The van der Waals surface area contributed by atoms with Gasteiger partial charge in [0.1, 0.15) is 11.6 Å². The molecule has 0 spiro atoms. The van der Waals surface area contributed by atoms with Crippen molar-refractivity contribution in [2.45, 2.75) is 18.5 Å². The van der Waals surface area contributed by atoms with Crippen LogP contribution in [0.5, 0.6) is 5.75 Å². The van der Waals surface area contributed by atoms with Gasteiger partial charge in [-0.1, -0.05) is 41.6 Å². The number of nitrogens with zero attached hydrogens (tertiary/aromatic N) is 3. The molecule has 0 fully saturated rings. The molecular formula is C18H17N3O3S. The third-order valence-electron chi connectivity index (χ3n) is 3.62. The molecule has 0 atom stereocenters. The maximum Gasteiger partial charge on any atom is 0.313 e. The van der Waals surface area contributed by atoms with Crippen molar-refractivity contribution in [1.29, 1.82) is 0 Å². The van der Waals surface area contributed by atoms with Gasteiger partial charge < -0.3 is 10.2 Å². The number of benzene rings is 2. The van der Waals surface area contributed by atoms with Gasteiger partial charge in [0.05, 0.1) is 5.75 Å². The van der Waals surface area contributed by atoms with Gasteiger partial charge in [-0.15, -0.1) is 10.2 Å². The van der Waals surface area contributed by atoms with E-state index in [0.29, 0.717) is 17.4 Å². The molecule has 6 nitrogen and oxygen atoms in total. The van der Waals surface area contributed by atoms with Crippen LogP contribution in [0.4, 0.5) is 0 Å². The minimum absolute atomic E-state index is 0.0802. The number of carboxylic acids is 1. The summed E-state index contributed by atoms with van der Waals surface area (Å²) in [5, 5.41) is 27.3. The van der Waals surface area contributed by atoms with E-state index in [0.717, 1.165) is 28.6 Å². The van der Waals surface area contributed by atoms with E-state index in [-0.39, 0.29) is 11.5 Å². The summed E-state index contributed by atoms with van der Waals surface area (Å²) in [6.07, 6.45) is 0.523. The quantitative estimate of drug-likeness (QED) is 0.661. The zero-order chi connectivity index (χ0) is 17.8. The molecule has 128 valence electrons. The van der Waals surface area contributed by atoms with Crippen molar-refractivity contribution in [3.63, 3.8) is 0 Å². The Bertz CT molecular complexity index is 874. The average molecular weight is 355 g/mol. The van der Waals surface area contributed by atoms with E-state index in [4.69, 9.17) is 5.11 Å². The van der Waals surface area contributed by atoms with Gasteiger partial charge in [-0.05, 0) is 36.8 Å². The Morgan fingerprint density at radius 3 is 2.40 bits per heavy atom. The highest BCUT2D eigenvalue weighted by Crippen LogP contribution is 2.24. The summed E-state index contributed by atoms with van der Waals surface area (Å²) in [5.74, 6) is -0.0594. The lowest BCUT2D eigenvalue weighted by Crippen LogP contribution is -2.05. The molecule has 0 aliphatic heterocycles. The van der Waals surface area contributed by atoms with Gasteiger partial charge in [-0.25, -0.2) is 0 Å². The summed E-state index contributed by atoms with van der Waals surface area (Å²) in [5.41, 5.74) is 3.00. The van der Waals surface area contributed by atoms with E-state index in [1.165, 1.54) is 0 Å². The summed E-state index contributed by atoms with van der Waals surface area (Å²) < 4.78 is 1.87. The molecule has 3 rings (SSSR count). The fraction of sp³-hybridized carbons (Fsp3) is 0.167. The molecule has 2 aromatic carbocycles. The molecule has 1 heterocycles. The van der Waals surface area contributed by atoms with Crippen LogP contribution in [0.3, 0.4) is 0 Å². The molecule has 0 saturated heterocycles. The number of hydrogen-bond donors (Lipinski definition) is 2. The molecule has 0 unspecified atom stereocenters. The van der Waals surface area contributed by atoms with Crippen LogP contribution in [-0.4, -0.2) is 36.7 Å². The first-order valence-electron chi connectivity index (χ1n) is 7.67. The number of rotatable bonds is 6. The van der Waals surface area contributed by atoms with Crippen molar-refractivity contribution < 1.29 is 15.0 Å². The van der Waals surface area contributed by atoms with Crippen molar-refractivity contribution in [2.75, 3.05) is 5.75 Å². The van der Waals surface area contributed by atoms with E-state index in [2.05, 4.69) is 10.2 Å². The van der Waals surface area contributed by atoms with Crippen molar-refractivity contribution in [3.8, 4) is 11.4 Å².